The van der Waals surface area contributed by atoms with Crippen molar-refractivity contribution in [1.82, 2.24) is 4.98 Å². The van der Waals surface area contributed by atoms with Gasteiger partial charge in [0.25, 0.3) is 0 Å². The van der Waals surface area contributed by atoms with Crippen LogP contribution in [0.1, 0.15) is 25.3 Å². The maximum atomic E-state index is 13.4. The van der Waals surface area contributed by atoms with Gasteiger partial charge in [-0.05, 0) is 36.2 Å². The van der Waals surface area contributed by atoms with Crippen LogP contribution >= 0.6 is 0 Å². The first-order valence-electron chi connectivity index (χ1n) is 6.65. The van der Waals surface area contributed by atoms with Crippen LogP contribution in [0, 0.1) is 5.82 Å². The monoisotopic (exact) mass is 272 g/mol. The quantitative estimate of drug-likeness (QED) is 0.834. The first-order chi connectivity index (χ1) is 9.70. The molecule has 0 unspecified atom stereocenters. The van der Waals surface area contributed by atoms with Crippen molar-refractivity contribution in [3.05, 3.63) is 60.2 Å². The van der Waals surface area contributed by atoms with Crippen LogP contribution in [0.2, 0.25) is 0 Å². The predicted molar refractivity (Wildman–Crippen MR) is 76.7 cm³/mol. The standard InChI is InChI=1S/C16H17FN2O/c1-2-5-16(20)19(12-13-6-4-9-18-11-13)15-8-3-7-14(17)10-15/h3-4,6-11H,2,5,12H2,1H3. The number of hydrogen-bond donors (Lipinski definition) is 0. The number of aromatic nitrogens is 1. The van der Waals surface area contributed by atoms with Gasteiger partial charge in [-0.15, -0.1) is 0 Å². The summed E-state index contributed by atoms with van der Waals surface area (Å²) in [6.45, 7) is 2.35. The Morgan fingerprint density at radius 2 is 2.15 bits per heavy atom. The minimum atomic E-state index is -0.344. The number of halogens is 1. The number of amides is 1. The highest BCUT2D eigenvalue weighted by atomic mass is 19.1. The van der Waals surface area contributed by atoms with Crippen molar-refractivity contribution in [2.75, 3.05) is 4.90 Å². The second kappa shape index (κ2) is 6.80. The maximum absolute atomic E-state index is 13.4. The zero-order valence-corrected chi connectivity index (χ0v) is 11.4. The summed E-state index contributed by atoms with van der Waals surface area (Å²) in [6.07, 6.45) is 4.60. The second-order valence-electron chi connectivity index (χ2n) is 4.57. The first kappa shape index (κ1) is 14.2. The third-order valence-corrected chi connectivity index (χ3v) is 2.95. The Hall–Kier alpha value is -2.23. The summed E-state index contributed by atoms with van der Waals surface area (Å²) in [7, 11) is 0. The summed E-state index contributed by atoms with van der Waals surface area (Å²) >= 11 is 0. The van der Waals surface area contributed by atoms with E-state index in [4.69, 9.17) is 0 Å². The van der Waals surface area contributed by atoms with Gasteiger partial charge in [0, 0.05) is 24.5 Å². The van der Waals surface area contributed by atoms with E-state index in [9.17, 15) is 9.18 Å². The van der Waals surface area contributed by atoms with Crippen molar-refractivity contribution >= 4 is 11.6 Å². The third kappa shape index (κ3) is 3.63. The Balaban J connectivity index is 2.27. The molecule has 104 valence electrons. The Kier molecular flexibility index (Phi) is 4.82. The van der Waals surface area contributed by atoms with Gasteiger partial charge in [0.2, 0.25) is 5.91 Å². The third-order valence-electron chi connectivity index (χ3n) is 2.95. The molecule has 1 amide bonds. The minimum absolute atomic E-state index is 0.0121. The largest absolute Gasteiger partial charge is 0.308 e. The average molecular weight is 272 g/mol. The van der Waals surface area contributed by atoms with Crippen molar-refractivity contribution in [3.63, 3.8) is 0 Å². The summed E-state index contributed by atoms with van der Waals surface area (Å²) in [6, 6.07) is 9.83. The molecule has 0 aliphatic rings. The number of carbonyl (C=O) groups excluding carboxylic acids is 1. The highest BCUT2D eigenvalue weighted by molar-refractivity contribution is 5.93. The van der Waals surface area contributed by atoms with Crippen LogP contribution in [0.25, 0.3) is 0 Å². The number of benzene rings is 1. The molecular formula is C16H17FN2O. The van der Waals surface area contributed by atoms with Gasteiger partial charge in [0.05, 0.1) is 6.54 Å². The first-order valence-corrected chi connectivity index (χ1v) is 6.65. The minimum Gasteiger partial charge on any atom is -0.308 e. The summed E-state index contributed by atoms with van der Waals surface area (Å²) in [5, 5.41) is 0. The van der Waals surface area contributed by atoms with Crippen molar-refractivity contribution in [2.45, 2.75) is 26.3 Å². The molecule has 1 aromatic heterocycles. The number of anilines is 1. The lowest BCUT2D eigenvalue weighted by Gasteiger charge is -2.23. The smallest absolute Gasteiger partial charge is 0.227 e. The second-order valence-corrected chi connectivity index (χ2v) is 4.57. The molecule has 0 radical (unpaired) electrons. The molecule has 0 saturated carbocycles. The fourth-order valence-electron chi connectivity index (χ4n) is 1.99. The highest BCUT2D eigenvalue weighted by Gasteiger charge is 2.15. The number of nitrogens with zero attached hydrogens (tertiary/aromatic N) is 2. The molecule has 0 N–H and O–H groups in total. The number of pyridine rings is 1. The molecular weight excluding hydrogens is 255 g/mol. The van der Waals surface area contributed by atoms with E-state index in [1.165, 1.54) is 12.1 Å². The average Bonchev–Trinajstić information content (AvgIpc) is 2.46. The van der Waals surface area contributed by atoms with Crippen LogP contribution < -0.4 is 4.90 Å². The van der Waals surface area contributed by atoms with Crippen LogP contribution in [-0.2, 0) is 11.3 Å². The van der Waals surface area contributed by atoms with E-state index in [0.29, 0.717) is 18.7 Å². The van der Waals surface area contributed by atoms with E-state index in [2.05, 4.69) is 4.98 Å². The van der Waals surface area contributed by atoms with Gasteiger partial charge in [-0.25, -0.2) is 4.39 Å². The van der Waals surface area contributed by atoms with Gasteiger partial charge in [0.15, 0.2) is 0 Å². The van der Waals surface area contributed by atoms with Crippen molar-refractivity contribution in [1.29, 1.82) is 0 Å². The molecule has 0 aliphatic heterocycles. The molecule has 1 heterocycles. The van der Waals surface area contributed by atoms with Crippen molar-refractivity contribution < 1.29 is 9.18 Å². The van der Waals surface area contributed by atoms with E-state index >= 15 is 0 Å². The van der Waals surface area contributed by atoms with Crippen LogP contribution in [0.5, 0.6) is 0 Å². The fourth-order valence-corrected chi connectivity index (χ4v) is 1.99. The van der Waals surface area contributed by atoms with Crippen molar-refractivity contribution in [3.8, 4) is 0 Å². The Labute approximate surface area is 118 Å². The van der Waals surface area contributed by atoms with Crippen molar-refractivity contribution in [2.24, 2.45) is 0 Å². The summed E-state index contributed by atoms with van der Waals surface area (Å²) < 4.78 is 13.4. The van der Waals surface area contributed by atoms with Gasteiger partial charge in [-0.1, -0.05) is 19.1 Å². The van der Waals surface area contributed by atoms with Gasteiger partial charge in [0.1, 0.15) is 5.82 Å². The molecule has 2 aromatic rings. The van der Waals surface area contributed by atoms with E-state index in [-0.39, 0.29) is 11.7 Å². The summed E-state index contributed by atoms with van der Waals surface area (Å²) in [5.41, 5.74) is 1.49. The molecule has 0 atom stereocenters. The highest BCUT2D eigenvalue weighted by Crippen LogP contribution is 2.19. The van der Waals surface area contributed by atoms with Crippen LogP contribution in [0.3, 0.4) is 0 Å². The molecule has 4 heteroatoms. The molecule has 3 nitrogen and oxygen atoms in total. The lowest BCUT2D eigenvalue weighted by molar-refractivity contribution is -0.118. The SMILES string of the molecule is CCCC(=O)N(Cc1cccnc1)c1cccc(F)c1. The van der Waals surface area contributed by atoms with Gasteiger partial charge in [-0.2, -0.15) is 0 Å². The zero-order valence-electron chi connectivity index (χ0n) is 11.4. The van der Waals surface area contributed by atoms with E-state index in [1.807, 2.05) is 19.1 Å². The Morgan fingerprint density at radius 3 is 2.80 bits per heavy atom. The topological polar surface area (TPSA) is 33.2 Å². The maximum Gasteiger partial charge on any atom is 0.227 e. The van der Waals surface area contributed by atoms with Crippen LogP contribution in [0.15, 0.2) is 48.8 Å². The number of carbonyl (C=O) groups is 1. The normalized spacial score (nSPS) is 10.3. The van der Waals surface area contributed by atoms with E-state index < -0.39 is 0 Å². The Morgan fingerprint density at radius 1 is 1.30 bits per heavy atom. The molecule has 0 bridgehead atoms. The number of rotatable bonds is 5. The summed E-state index contributed by atoms with van der Waals surface area (Å²) in [4.78, 5) is 17.9. The van der Waals surface area contributed by atoms with Gasteiger partial charge in [-0.3, -0.25) is 9.78 Å². The van der Waals surface area contributed by atoms with E-state index in [0.717, 1.165) is 12.0 Å². The number of hydrogen-bond acceptors (Lipinski definition) is 2. The molecule has 1 aromatic carbocycles. The van der Waals surface area contributed by atoms with Crippen LogP contribution in [-0.4, -0.2) is 10.9 Å². The van der Waals surface area contributed by atoms with E-state index in [1.54, 1.807) is 29.4 Å². The molecule has 0 spiro atoms. The summed E-state index contributed by atoms with van der Waals surface area (Å²) in [5.74, 6) is -0.357. The Bertz CT molecular complexity index is 572. The predicted octanol–water partition coefficient (Wildman–Crippen LogP) is 3.55. The molecule has 0 saturated heterocycles. The lowest BCUT2D eigenvalue weighted by Crippen LogP contribution is -2.30. The molecule has 20 heavy (non-hydrogen) atoms. The molecule has 0 fully saturated rings. The fraction of sp³-hybridized carbons (Fsp3) is 0.250. The van der Waals surface area contributed by atoms with Gasteiger partial charge >= 0.3 is 0 Å². The zero-order chi connectivity index (χ0) is 14.4. The molecule has 0 aliphatic carbocycles. The molecule has 2 rings (SSSR count). The van der Waals surface area contributed by atoms with Crippen LogP contribution in [0.4, 0.5) is 10.1 Å². The lowest BCUT2D eigenvalue weighted by atomic mass is 10.2. The van der Waals surface area contributed by atoms with Gasteiger partial charge < -0.3 is 4.90 Å².